The Kier molecular flexibility index (Phi) is 5.15. The molecule has 7 nitrogen and oxygen atoms in total. The monoisotopic (exact) mass is 469 g/mol. The van der Waals surface area contributed by atoms with Gasteiger partial charge in [0.2, 0.25) is 0 Å². The van der Waals surface area contributed by atoms with Crippen molar-refractivity contribution in [1.82, 2.24) is 19.3 Å². The lowest BCUT2D eigenvalue weighted by molar-refractivity contribution is 0.0746. The molecule has 6 rings (SSSR count). The van der Waals surface area contributed by atoms with Crippen LogP contribution in [-0.2, 0) is 0 Å². The summed E-state index contributed by atoms with van der Waals surface area (Å²) in [7, 11) is 1.66. The number of ether oxygens (including phenoxy) is 1. The number of aromatic nitrogens is 3. The van der Waals surface area contributed by atoms with Gasteiger partial charge in [0, 0.05) is 49.7 Å². The Morgan fingerprint density at radius 2 is 1.82 bits per heavy atom. The minimum Gasteiger partial charge on any atom is -0.497 e. The number of fused-ring (bicyclic) bond motifs is 3. The van der Waals surface area contributed by atoms with E-state index in [9.17, 15) is 4.79 Å². The molecule has 170 valence electrons. The zero-order chi connectivity index (χ0) is 23.1. The van der Waals surface area contributed by atoms with E-state index in [1.807, 2.05) is 71.8 Å². The molecule has 0 spiro atoms. The lowest BCUT2D eigenvalue weighted by atomic mass is 10.1. The summed E-state index contributed by atoms with van der Waals surface area (Å²) in [4.78, 5) is 27.5. The van der Waals surface area contributed by atoms with Crippen molar-refractivity contribution >= 4 is 38.2 Å². The van der Waals surface area contributed by atoms with E-state index in [-0.39, 0.29) is 5.91 Å². The number of amides is 1. The molecule has 4 heterocycles. The van der Waals surface area contributed by atoms with Crippen LogP contribution in [0.5, 0.6) is 5.75 Å². The number of carbonyl (C=O) groups excluding carboxylic acids is 1. The van der Waals surface area contributed by atoms with Crippen LogP contribution in [0.3, 0.4) is 0 Å². The molecule has 1 saturated heterocycles. The summed E-state index contributed by atoms with van der Waals surface area (Å²) >= 11 is 1.60. The number of hydrogen-bond donors (Lipinski definition) is 0. The standard InChI is InChI=1S/C26H23N5O2S/c1-33-20-8-5-18(6-9-20)21-17-31-22-10-7-19(16-23(22)34-26(31)28-21)25(32)30-14-12-29(13-15-30)24-4-2-3-11-27-24/h2-11,16-17H,12-15H2,1H3. The molecular weight excluding hydrogens is 446 g/mol. The predicted molar refractivity (Wildman–Crippen MR) is 135 cm³/mol. The number of imidazole rings is 1. The molecule has 1 fully saturated rings. The maximum atomic E-state index is 13.2. The first-order chi connectivity index (χ1) is 16.7. The van der Waals surface area contributed by atoms with Crippen LogP contribution in [0.15, 0.2) is 73.1 Å². The third-order valence-corrected chi connectivity index (χ3v) is 7.28. The van der Waals surface area contributed by atoms with E-state index in [2.05, 4.69) is 14.3 Å². The van der Waals surface area contributed by atoms with Crippen LogP contribution in [0.25, 0.3) is 26.4 Å². The summed E-state index contributed by atoms with van der Waals surface area (Å²) in [6.07, 6.45) is 3.86. The van der Waals surface area contributed by atoms with Crippen molar-refractivity contribution in [2.24, 2.45) is 0 Å². The quantitative estimate of drug-likeness (QED) is 0.386. The number of anilines is 1. The highest BCUT2D eigenvalue weighted by atomic mass is 32.1. The molecule has 2 aromatic carbocycles. The van der Waals surface area contributed by atoms with Crippen molar-refractivity contribution in [3.8, 4) is 17.0 Å². The van der Waals surface area contributed by atoms with Gasteiger partial charge in [-0.1, -0.05) is 17.4 Å². The smallest absolute Gasteiger partial charge is 0.254 e. The van der Waals surface area contributed by atoms with Gasteiger partial charge in [-0.2, -0.15) is 0 Å². The van der Waals surface area contributed by atoms with Gasteiger partial charge >= 0.3 is 0 Å². The topological polar surface area (TPSA) is 63.0 Å². The molecule has 3 aromatic heterocycles. The van der Waals surface area contributed by atoms with Gasteiger partial charge in [-0.15, -0.1) is 0 Å². The summed E-state index contributed by atoms with van der Waals surface area (Å²) in [5, 5.41) is 0. The lowest BCUT2D eigenvalue weighted by Gasteiger charge is -2.35. The fraction of sp³-hybridized carbons (Fsp3) is 0.192. The van der Waals surface area contributed by atoms with Gasteiger partial charge in [-0.25, -0.2) is 9.97 Å². The first kappa shape index (κ1) is 20.7. The number of hydrogen-bond acceptors (Lipinski definition) is 6. The average Bonchev–Trinajstić information content (AvgIpc) is 3.47. The summed E-state index contributed by atoms with van der Waals surface area (Å²) in [5.74, 6) is 1.87. The van der Waals surface area contributed by atoms with Crippen molar-refractivity contribution in [2.45, 2.75) is 0 Å². The highest BCUT2D eigenvalue weighted by Gasteiger charge is 2.23. The first-order valence-corrected chi connectivity index (χ1v) is 12.0. The molecule has 5 aromatic rings. The molecular formula is C26H23N5O2S. The highest BCUT2D eigenvalue weighted by molar-refractivity contribution is 7.23. The van der Waals surface area contributed by atoms with Crippen LogP contribution < -0.4 is 9.64 Å². The highest BCUT2D eigenvalue weighted by Crippen LogP contribution is 2.31. The molecule has 8 heteroatoms. The number of rotatable bonds is 4. The fourth-order valence-electron chi connectivity index (χ4n) is 4.40. The Bertz CT molecular complexity index is 1470. The molecule has 0 N–H and O–H groups in total. The van der Waals surface area contributed by atoms with Gasteiger partial charge in [-0.3, -0.25) is 9.20 Å². The van der Waals surface area contributed by atoms with Crippen molar-refractivity contribution < 1.29 is 9.53 Å². The van der Waals surface area contributed by atoms with Crippen molar-refractivity contribution in [3.05, 3.63) is 78.6 Å². The second kappa shape index (κ2) is 8.46. The third kappa shape index (κ3) is 3.66. The number of piperazine rings is 1. The lowest BCUT2D eigenvalue weighted by Crippen LogP contribution is -2.49. The predicted octanol–water partition coefficient (Wildman–Crippen LogP) is 4.58. The number of methoxy groups -OCH3 is 1. The Morgan fingerprint density at radius 1 is 1.00 bits per heavy atom. The summed E-state index contributed by atoms with van der Waals surface area (Å²) in [6.45, 7) is 2.94. The average molecular weight is 470 g/mol. The summed E-state index contributed by atoms with van der Waals surface area (Å²) < 4.78 is 8.40. The molecule has 0 aliphatic carbocycles. The van der Waals surface area contributed by atoms with Gasteiger partial charge in [-0.05, 0) is 54.6 Å². The Balaban J connectivity index is 1.21. The summed E-state index contributed by atoms with van der Waals surface area (Å²) in [6, 6.07) is 19.8. The second-order valence-corrected chi connectivity index (χ2v) is 9.27. The van der Waals surface area contributed by atoms with E-state index in [1.54, 1.807) is 24.6 Å². The zero-order valence-corrected chi connectivity index (χ0v) is 19.5. The van der Waals surface area contributed by atoms with Gasteiger partial charge in [0.25, 0.3) is 5.91 Å². The van der Waals surface area contributed by atoms with E-state index in [0.717, 1.165) is 56.7 Å². The summed E-state index contributed by atoms with van der Waals surface area (Å²) in [5.41, 5.74) is 3.74. The normalized spacial score (nSPS) is 14.1. The first-order valence-electron chi connectivity index (χ1n) is 11.2. The largest absolute Gasteiger partial charge is 0.497 e. The van der Waals surface area contributed by atoms with E-state index in [0.29, 0.717) is 13.1 Å². The number of pyridine rings is 1. The van der Waals surface area contributed by atoms with Crippen LogP contribution in [0.1, 0.15) is 10.4 Å². The van der Waals surface area contributed by atoms with Crippen molar-refractivity contribution in [2.75, 3.05) is 38.2 Å². The van der Waals surface area contributed by atoms with Gasteiger partial charge in [0.05, 0.1) is 23.0 Å². The molecule has 0 saturated carbocycles. The zero-order valence-electron chi connectivity index (χ0n) is 18.7. The Morgan fingerprint density at radius 3 is 2.56 bits per heavy atom. The maximum Gasteiger partial charge on any atom is 0.254 e. The molecule has 34 heavy (non-hydrogen) atoms. The number of thiazole rings is 1. The van der Waals surface area contributed by atoms with Crippen LogP contribution in [0.4, 0.5) is 5.82 Å². The maximum absolute atomic E-state index is 13.2. The van der Waals surface area contributed by atoms with Crippen molar-refractivity contribution in [1.29, 1.82) is 0 Å². The SMILES string of the molecule is COc1ccc(-c2cn3c(n2)sc2cc(C(=O)N4CCN(c5ccccn5)CC4)ccc23)cc1. The number of carbonyl (C=O) groups is 1. The molecule has 0 unspecified atom stereocenters. The van der Waals surface area contributed by atoms with Crippen LogP contribution in [-0.4, -0.2) is 58.5 Å². The van der Waals surface area contributed by atoms with E-state index < -0.39 is 0 Å². The molecule has 0 bridgehead atoms. The number of benzene rings is 2. The van der Waals surface area contributed by atoms with E-state index in [1.165, 1.54) is 0 Å². The fourth-order valence-corrected chi connectivity index (χ4v) is 5.44. The Labute approximate surface area is 200 Å². The molecule has 1 aliphatic rings. The molecule has 0 atom stereocenters. The van der Waals surface area contributed by atoms with Crippen LogP contribution in [0.2, 0.25) is 0 Å². The molecule has 1 amide bonds. The third-order valence-electron chi connectivity index (χ3n) is 6.27. The molecule has 1 aliphatic heterocycles. The minimum absolute atomic E-state index is 0.0764. The van der Waals surface area contributed by atoms with Gasteiger partial charge in [0.15, 0.2) is 4.96 Å². The van der Waals surface area contributed by atoms with Crippen LogP contribution in [0, 0.1) is 0 Å². The van der Waals surface area contributed by atoms with Crippen molar-refractivity contribution in [3.63, 3.8) is 0 Å². The second-order valence-electron chi connectivity index (χ2n) is 8.26. The van der Waals surface area contributed by atoms with Gasteiger partial charge in [0.1, 0.15) is 11.6 Å². The van der Waals surface area contributed by atoms with E-state index in [4.69, 9.17) is 9.72 Å². The molecule has 0 radical (unpaired) electrons. The van der Waals surface area contributed by atoms with Gasteiger partial charge < -0.3 is 14.5 Å². The van der Waals surface area contributed by atoms with Crippen LogP contribution >= 0.6 is 11.3 Å². The van der Waals surface area contributed by atoms with E-state index >= 15 is 0 Å². The number of nitrogens with zero attached hydrogens (tertiary/aromatic N) is 5. The minimum atomic E-state index is 0.0764. The Hall–Kier alpha value is -3.91.